The zero-order valence-electron chi connectivity index (χ0n) is 22.8. The van der Waals surface area contributed by atoms with Crippen LogP contribution in [0, 0.1) is 45.3 Å². The van der Waals surface area contributed by atoms with Gasteiger partial charge in [-0.3, -0.25) is 0 Å². The Morgan fingerprint density at radius 2 is 1.36 bits per heavy atom. The molecule has 1 aliphatic heterocycles. The van der Waals surface area contributed by atoms with Crippen molar-refractivity contribution in [3.8, 4) is 0 Å². The number of hydrogen-bond acceptors (Lipinski definition) is 3. The summed E-state index contributed by atoms with van der Waals surface area (Å²) in [6, 6.07) is 0. The van der Waals surface area contributed by atoms with E-state index in [1.807, 2.05) is 13.8 Å². The predicted molar refractivity (Wildman–Crippen MR) is 134 cm³/mol. The molecule has 2 N–H and O–H groups in total. The van der Waals surface area contributed by atoms with Gasteiger partial charge >= 0.3 is 0 Å². The lowest BCUT2D eigenvalue weighted by atomic mass is 9.35. The summed E-state index contributed by atoms with van der Waals surface area (Å²) in [6.07, 6.45) is 11.9. The van der Waals surface area contributed by atoms with Crippen molar-refractivity contribution < 1.29 is 14.9 Å². The normalized spacial score (nSPS) is 56.2. The fourth-order valence-corrected chi connectivity index (χ4v) is 11.1. The molecule has 5 rings (SSSR count). The van der Waals surface area contributed by atoms with Crippen LogP contribution in [0.15, 0.2) is 0 Å². The molecule has 5 fully saturated rings. The van der Waals surface area contributed by atoms with Gasteiger partial charge in [-0.2, -0.15) is 0 Å². The largest absolute Gasteiger partial charge is 0.393 e. The van der Waals surface area contributed by atoms with Crippen molar-refractivity contribution in [1.29, 1.82) is 0 Å². The van der Waals surface area contributed by atoms with Crippen molar-refractivity contribution in [2.45, 2.75) is 143 Å². The molecule has 1 heterocycles. The second kappa shape index (κ2) is 7.22. The first-order valence-corrected chi connectivity index (χ1v) is 14.2. The quantitative estimate of drug-likeness (QED) is 0.480. The minimum atomic E-state index is -0.755. The molecule has 4 unspecified atom stereocenters. The lowest BCUT2D eigenvalue weighted by Crippen LogP contribution is -2.64. The summed E-state index contributed by atoms with van der Waals surface area (Å²) in [5, 5.41) is 21.5. The van der Waals surface area contributed by atoms with Gasteiger partial charge in [0, 0.05) is 0 Å². The minimum absolute atomic E-state index is 0.0293. The van der Waals surface area contributed by atoms with Gasteiger partial charge in [0.05, 0.1) is 23.4 Å². The summed E-state index contributed by atoms with van der Waals surface area (Å²) in [4.78, 5) is 0. The smallest absolute Gasteiger partial charge is 0.0865 e. The molecular weight excluding hydrogens is 408 g/mol. The number of hydrogen-bond donors (Lipinski definition) is 2. The number of aliphatic hydroxyl groups excluding tert-OH is 1. The summed E-state index contributed by atoms with van der Waals surface area (Å²) < 4.78 is 6.73. The third-order valence-corrected chi connectivity index (χ3v) is 13.3. The maximum Gasteiger partial charge on any atom is 0.0865 e. The summed E-state index contributed by atoms with van der Waals surface area (Å²) >= 11 is 0. The highest BCUT2D eigenvalue weighted by Crippen LogP contribution is 2.76. The first kappa shape index (κ1) is 24.6. The topological polar surface area (TPSA) is 49.7 Å². The summed E-state index contributed by atoms with van der Waals surface area (Å²) in [6.45, 7) is 18.8. The van der Waals surface area contributed by atoms with E-state index in [4.69, 9.17) is 4.74 Å². The molecule has 0 radical (unpaired) electrons. The molecule has 0 aromatic rings. The van der Waals surface area contributed by atoms with Gasteiger partial charge in [-0.1, -0.05) is 34.6 Å². The Labute approximate surface area is 203 Å². The van der Waals surface area contributed by atoms with Crippen molar-refractivity contribution in [1.82, 2.24) is 0 Å². The van der Waals surface area contributed by atoms with E-state index in [1.165, 1.54) is 44.9 Å². The van der Waals surface area contributed by atoms with Crippen molar-refractivity contribution >= 4 is 0 Å². The van der Waals surface area contributed by atoms with Crippen molar-refractivity contribution in [3.63, 3.8) is 0 Å². The molecule has 0 aromatic carbocycles. The Morgan fingerprint density at radius 3 is 2.00 bits per heavy atom. The maximum absolute atomic E-state index is 10.9. The Hall–Kier alpha value is -0.120. The second-order valence-electron chi connectivity index (χ2n) is 15.3. The lowest BCUT2D eigenvalue weighted by Gasteiger charge is -2.70. The first-order chi connectivity index (χ1) is 15.1. The van der Waals surface area contributed by atoms with E-state index < -0.39 is 5.60 Å². The second-order valence-corrected chi connectivity index (χ2v) is 15.3. The summed E-state index contributed by atoms with van der Waals surface area (Å²) in [5.74, 6) is 2.73. The highest BCUT2D eigenvalue weighted by atomic mass is 16.5. The first-order valence-electron chi connectivity index (χ1n) is 14.2. The van der Waals surface area contributed by atoms with E-state index in [0.717, 1.165) is 31.1 Å². The molecular formula is C30H52O3. The van der Waals surface area contributed by atoms with Crippen LogP contribution in [0.25, 0.3) is 0 Å². The van der Waals surface area contributed by atoms with Crippen molar-refractivity contribution in [3.05, 3.63) is 0 Å². The van der Waals surface area contributed by atoms with Crippen LogP contribution >= 0.6 is 0 Å². The minimum Gasteiger partial charge on any atom is -0.393 e. The average Bonchev–Trinajstić information content (AvgIpc) is 3.27. The molecule has 3 heteroatoms. The fourth-order valence-electron chi connectivity index (χ4n) is 11.1. The molecule has 0 aromatic heterocycles. The summed E-state index contributed by atoms with van der Waals surface area (Å²) in [7, 11) is 0. The van der Waals surface area contributed by atoms with Crippen LogP contribution in [-0.4, -0.2) is 33.6 Å². The van der Waals surface area contributed by atoms with E-state index >= 15 is 0 Å². The molecule has 190 valence electrons. The molecule has 10 atom stereocenters. The number of rotatable bonds is 2. The van der Waals surface area contributed by atoms with E-state index in [-0.39, 0.29) is 23.2 Å². The van der Waals surface area contributed by atoms with Gasteiger partial charge < -0.3 is 14.9 Å². The van der Waals surface area contributed by atoms with Crippen LogP contribution in [0.2, 0.25) is 0 Å². The highest BCUT2D eigenvalue weighted by molar-refractivity contribution is 5.18. The van der Waals surface area contributed by atoms with E-state index in [9.17, 15) is 10.2 Å². The zero-order valence-corrected chi connectivity index (χ0v) is 22.8. The van der Waals surface area contributed by atoms with Gasteiger partial charge in [0.2, 0.25) is 0 Å². The average molecular weight is 461 g/mol. The highest BCUT2D eigenvalue weighted by Gasteiger charge is 2.70. The van der Waals surface area contributed by atoms with Gasteiger partial charge in [0.1, 0.15) is 0 Å². The van der Waals surface area contributed by atoms with E-state index in [2.05, 4.69) is 41.5 Å². The number of fused-ring (bicyclic) bond motifs is 5. The van der Waals surface area contributed by atoms with Crippen LogP contribution in [0.5, 0.6) is 0 Å². The molecule has 0 bridgehead atoms. The monoisotopic (exact) mass is 460 g/mol. The van der Waals surface area contributed by atoms with E-state index in [1.54, 1.807) is 0 Å². The Morgan fingerprint density at radius 1 is 0.697 bits per heavy atom. The number of aliphatic hydroxyl groups is 2. The van der Waals surface area contributed by atoms with E-state index in [0.29, 0.717) is 28.1 Å². The maximum atomic E-state index is 10.9. The van der Waals surface area contributed by atoms with Crippen molar-refractivity contribution in [2.24, 2.45) is 45.3 Å². The van der Waals surface area contributed by atoms with Crippen LogP contribution < -0.4 is 0 Å². The Kier molecular flexibility index (Phi) is 5.38. The lowest BCUT2D eigenvalue weighted by molar-refractivity contribution is -0.227. The third-order valence-electron chi connectivity index (χ3n) is 13.3. The van der Waals surface area contributed by atoms with Gasteiger partial charge in [-0.25, -0.2) is 0 Å². The van der Waals surface area contributed by atoms with Crippen LogP contribution in [0.4, 0.5) is 0 Å². The molecule has 3 nitrogen and oxygen atoms in total. The standard InChI is InChI=1S/C30H52O3/c1-25(2)21-12-17-29(7)22(27(21,5)15-13-23(25)31)10-9-19-20(11-16-28(19,29)6)30(8)18-14-24(33-30)26(3,4)32/h19-24,31-32H,9-18H2,1-8H3/t19?,20-,21?,22?,23+,24-,27-,28+,29+,30?/m0/s1. The van der Waals surface area contributed by atoms with Crippen LogP contribution in [0.1, 0.15) is 120 Å². The zero-order chi connectivity index (χ0) is 24.2. The van der Waals surface area contributed by atoms with Crippen molar-refractivity contribution in [2.75, 3.05) is 0 Å². The molecule has 5 aliphatic rings. The molecule has 1 saturated heterocycles. The fraction of sp³-hybridized carbons (Fsp3) is 1.00. The van der Waals surface area contributed by atoms with Crippen LogP contribution in [0.3, 0.4) is 0 Å². The third kappa shape index (κ3) is 3.16. The predicted octanol–water partition coefficient (Wildman–Crippen LogP) is 6.74. The molecule has 0 amide bonds. The molecule has 0 spiro atoms. The molecule has 4 aliphatic carbocycles. The SMILES string of the molecule is CC(C)(O)[C@@H]1CCC(C)([C@H]2CC[C@]3(C)C2CCC2[C@@]4(C)CC[C@@H](O)C(C)(C)C4CC[C@]23C)O1. The Bertz CT molecular complexity index is 784. The molecule has 4 saturated carbocycles. The van der Waals surface area contributed by atoms with Crippen LogP contribution in [-0.2, 0) is 4.74 Å². The summed E-state index contributed by atoms with van der Waals surface area (Å²) in [5.41, 5.74) is 0.277. The Balaban J connectivity index is 1.44. The van der Waals surface area contributed by atoms with Gasteiger partial charge in [0.25, 0.3) is 0 Å². The van der Waals surface area contributed by atoms with Gasteiger partial charge in [0.15, 0.2) is 0 Å². The van der Waals surface area contributed by atoms with Gasteiger partial charge in [-0.15, -0.1) is 0 Å². The van der Waals surface area contributed by atoms with Gasteiger partial charge in [-0.05, 0) is 130 Å². The molecule has 33 heavy (non-hydrogen) atoms. The number of ether oxygens (including phenoxy) is 1.